The van der Waals surface area contributed by atoms with Gasteiger partial charge < -0.3 is 9.47 Å². The molecule has 5 aromatic carbocycles. The van der Waals surface area contributed by atoms with E-state index in [0.29, 0.717) is 53.6 Å². The van der Waals surface area contributed by atoms with Crippen LogP contribution >= 0.6 is 0 Å². The molecular formula is C37H25F11O2. The number of ether oxygens (including phenoxy) is 2. The number of alkyl halides is 5. The second-order valence-electron chi connectivity index (χ2n) is 11.2. The summed E-state index contributed by atoms with van der Waals surface area (Å²) in [6.45, 7) is 2.10. The van der Waals surface area contributed by atoms with Gasteiger partial charge in [0.25, 0.3) is 0 Å². The van der Waals surface area contributed by atoms with Gasteiger partial charge in [0.15, 0.2) is 11.6 Å². The summed E-state index contributed by atoms with van der Waals surface area (Å²) >= 11 is 0. The van der Waals surface area contributed by atoms with Crippen molar-refractivity contribution in [2.75, 3.05) is 0 Å². The minimum atomic E-state index is -5.43. The highest BCUT2D eigenvalue weighted by atomic mass is 19.4. The molecule has 0 amide bonds. The smallest absolute Gasteiger partial charge is 0.429 e. The first-order valence-corrected chi connectivity index (χ1v) is 15.1. The molecular weight excluding hydrogens is 685 g/mol. The molecule has 0 spiro atoms. The van der Waals surface area contributed by atoms with Crippen LogP contribution in [0.4, 0.5) is 48.3 Å². The zero-order valence-corrected chi connectivity index (χ0v) is 25.9. The Labute approximate surface area is 278 Å². The van der Waals surface area contributed by atoms with Crippen LogP contribution in [0.2, 0.25) is 0 Å². The fourth-order valence-electron chi connectivity index (χ4n) is 5.30. The minimum Gasteiger partial charge on any atom is -0.429 e. The lowest BCUT2D eigenvalue weighted by molar-refractivity contribution is -0.276. The molecule has 0 saturated heterocycles. The second kappa shape index (κ2) is 14.4. The van der Waals surface area contributed by atoms with Crippen LogP contribution in [0.3, 0.4) is 0 Å². The van der Waals surface area contributed by atoms with Gasteiger partial charge in [0.05, 0.1) is 0 Å². The number of benzene rings is 5. The van der Waals surface area contributed by atoms with E-state index in [-0.39, 0.29) is 5.56 Å². The molecule has 13 heteroatoms. The Morgan fingerprint density at radius 3 is 1.52 bits per heavy atom. The molecule has 0 aliphatic carbocycles. The summed E-state index contributed by atoms with van der Waals surface area (Å²) in [5.74, 6) is -12.4. The van der Waals surface area contributed by atoms with Gasteiger partial charge in [0.1, 0.15) is 34.6 Å². The summed E-state index contributed by atoms with van der Waals surface area (Å²) in [7, 11) is 0. The largest absolute Gasteiger partial charge is 0.573 e. The van der Waals surface area contributed by atoms with Gasteiger partial charge in [-0.3, -0.25) is 0 Å². The zero-order chi connectivity index (χ0) is 36.4. The first-order chi connectivity index (χ1) is 23.6. The highest BCUT2D eigenvalue weighted by Gasteiger charge is 2.41. The molecule has 5 rings (SSSR count). The predicted molar refractivity (Wildman–Crippen MR) is 163 cm³/mol. The minimum absolute atomic E-state index is 0.276. The number of hydrogen-bond donors (Lipinski definition) is 0. The molecule has 0 fully saturated rings. The molecule has 0 saturated carbocycles. The third-order valence-electron chi connectivity index (χ3n) is 7.68. The maximum atomic E-state index is 15.2. The third-order valence-corrected chi connectivity index (χ3v) is 7.68. The van der Waals surface area contributed by atoms with Gasteiger partial charge in [-0.1, -0.05) is 56.2 Å². The summed E-state index contributed by atoms with van der Waals surface area (Å²) in [6.07, 6.45) is -6.06. The molecule has 2 nitrogen and oxygen atoms in total. The van der Waals surface area contributed by atoms with Crippen molar-refractivity contribution in [3.05, 3.63) is 131 Å². The van der Waals surface area contributed by atoms with Crippen LogP contribution < -0.4 is 9.47 Å². The van der Waals surface area contributed by atoms with Gasteiger partial charge in [-0.15, -0.1) is 13.2 Å². The van der Waals surface area contributed by atoms with E-state index in [4.69, 9.17) is 0 Å². The number of rotatable bonds is 11. The molecule has 262 valence electrons. The van der Waals surface area contributed by atoms with Gasteiger partial charge in [-0.25, -0.2) is 26.3 Å². The van der Waals surface area contributed by atoms with Crippen molar-refractivity contribution in [3.8, 4) is 44.9 Å². The molecule has 0 atom stereocenters. The molecule has 0 unspecified atom stereocenters. The van der Waals surface area contributed by atoms with Crippen molar-refractivity contribution in [1.29, 1.82) is 0 Å². The van der Waals surface area contributed by atoms with E-state index in [1.165, 1.54) is 12.1 Å². The lowest BCUT2D eigenvalue weighted by Gasteiger charge is -2.20. The Morgan fingerprint density at radius 1 is 0.500 bits per heavy atom. The van der Waals surface area contributed by atoms with E-state index in [2.05, 4.69) is 16.4 Å². The van der Waals surface area contributed by atoms with Crippen molar-refractivity contribution in [1.82, 2.24) is 0 Å². The lowest BCUT2D eigenvalue weighted by Crippen LogP contribution is -2.25. The summed E-state index contributed by atoms with van der Waals surface area (Å²) < 4.78 is 163. The normalized spacial score (nSPS) is 11.9. The first kappa shape index (κ1) is 36.2. The van der Waals surface area contributed by atoms with E-state index in [1.807, 2.05) is 24.3 Å². The Morgan fingerprint density at radius 2 is 1.00 bits per heavy atom. The van der Waals surface area contributed by atoms with Gasteiger partial charge in [-0.05, 0) is 83.1 Å². The van der Waals surface area contributed by atoms with E-state index in [0.717, 1.165) is 37.3 Å². The second-order valence-corrected chi connectivity index (χ2v) is 11.2. The van der Waals surface area contributed by atoms with Crippen LogP contribution in [-0.2, 0) is 12.5 Å². The fourth-order valence-corrected chi connectivity index (χ4v) is 5.30. The molecule has 0 N–H and O–H groups in total. The summed E-state index contributed by atoms with van der Waals surface area (Å²) in [6, 6.07) is 14.7. The van der Waals surface area contributed by atoms with Crippen molar-refractivity contribution in [3.63, 3.8) is 0 Å². The summed E-state index contributed by atoms with van der Waals surface area (Å²) in [5, 5.41) is 0. The monoisotopic (exact) mass is 710 g/mol. The van der Waals surface area contributed by atoms with Gasteiger partial charge in [0.2, 0.25) is 5.75 Å². The average molecular weight is 711 g/mol. The number of hydrogen-bond acceptors (Lipinski definition) is 2. The highest BCUT2D eigenvalue weighted by molar-refractivity contribution is 5.72. The fraction of sp³-hybridized carbons (Fsp3) is 0.189. The molecule has 0 aliphatic rings. The predicted octanol–water partition coefficient (Wildman–Crippen LogP) is 12.3. The topological polar surface area (TPSA) is 18.5 Å². The SMILES string of the molecule is CCCCCc1ccc(-c2ccc(-c3cc(F)c(C(F)(F)Oc4ccc(-c5cc(F)c(OC(F)(F)F)c(F)c5)c(F)c4)c(F)c3)c(F)c2)cc1. The van der Waals surface area contributed by atoms with Crippen molar-refractivity contribution < 1.29 is 57.8 Å². The summed E-state index contributed by atoms with van der Waals surface area (Å²) in [4.78, 5) is 0. The molecule has 5 aromatic rings. The van der Waals surface area contributed by atoms with Gasteiger partial charge >= 0.3 is 12.5 Å². The Kier molecular flexibility index (Phi) is 10.4. The van der Waals surface area contributed by atoms with Crippen LogP contribution in [0.15, 0.2) is 84.9 Å². The molecule has 0 aromatic heterocycles. The van der Waals surface area contributed by atoms with Crippen LogP contribution in [0.1, 0.15) is 37.3 Å². The molecule has 0 radical (unpaired) electrons. The Bertz CT molecular complexity index is 1960. The maximum Gasteiger partial charge on any atom is 0.573 e. The van der Waals surface area contributed by atoms with Crippen molar-refractivity contribution >= 4 is 0 Å². The van der Waals surface area contributed by atoms with Crippen LogP contribution in [-0.4, -0.2) is 6.36 Å². The van der Waals surface area contributed by atoms with Crippen LogP contribution in [0, 0.1) is 34.9 Å². The van der Waals surface area contributed by atoms with E-state index in [9.17, 15) is 26.3 Å². The lowest BCUT2D eigenvalue weighted by atomic mass is 9.97. The third kappa shape index (κ3) is 8.20. The molecule has 0 bridgehead atoms. The van der Waals surface area contributed by atoms with Gasteiger partial charge in [0, 0.05) is 17.2 Å². The quantitative estimate of drug-likeness (QED) is 0.100. The Hall–Kier alpha value is -5.07. The number of halogens is 11. The van der Waals surface area contributed by atoms with Crippen molar-refractivity contribution in [2.24, 2.45) is 0 Å². The first-order valence-electron chi connectivity index (χ1n) is 15.1. The van der Waals surface area contributed by atoms with E-state index < -0.39 is 81.1 Å². The average Bonchev–Trinajstić information content (AvgIpc) is 3.02. The summed E-state index contributed by atoms with van der Waals surface area (Å²) in [5.41, 5.74) is -1.53. The van der Waals surface area contributed by atoms with Gasteiger partial charge in [-0.2, -0.15) is 8.78 Å². The number of aryl methyl sites for hydroxylation is 1. The molecule has 0 aliphatic heterocycles. The van der Waals surface area contributed by atoms with E-state index >= 15 is 22.0 Å². The molecule has 0 heterocycles. The number of unbranched alkanes of at least 4 members (excludes halogenated alkanes) is 2. The zero-order valence-electron chi connectivity index (χ0n) is 25.9. The van der Waals surface area contributed by atoms with Crippen molar-refractivity contribution in [2.45, 2.75) is 45.1 Å². The highest BCUT2D eigenvalue weighted by Crippen LogP contribution is 2.40. The standard InChI is InChI=1S/C37H25F11O2/c1-2-3-4-5-20-6-8-21(9-7-20)22-10-12-26(28(38)14-22)23-15-30(40)34(31(41)16-23)36(44,45)49-25-11-13-27(29(39)19-25)24-17-32(42)35(33(43)18-24)50-37(46,47)48/h6-19H,2-5H2,1H3. The van der Waals surface area contributed by atoms with Crippen LogP contribution in [0.5, 0.6) is 11.5 Å². The van der Waals surface area contributed by atoms with Crippen LogP contribution in [0.25, 0.3) is 33.4 Å². The Balaban J connectivity index is 1.35. The van der Waals surface area contributed by atoms with E-state index in [1.54, 1.807) is 0 Å². The molecule has 50 heavy (non-hydrogen) atoms. The maximum absolute atomic E-state index is 15.2.